The second-order valence-corrected chi connectivity index (χ2v) is 7.97. The molecule has 0 spiro atoms. The van der Waals surface area contributed by atoms with Gasteiger partial charge in [0.05, 0.1) is 6.54 Å². The maximum absolute atomic E-state index is 12.7. The van der Waals surface area contributed by atoms with Gasteiger partial charge in [-0.1, -0.05) is 0 Å². The molecule has 1 heterocycles. The van der Waals surface area contributed by atoms with E-state index in [1.807, 2.05) is 4.90 Å². The minimum Gasteiger partial charge on any atom is -0.347 e. The highest BCUT2D eigenvalue weighted by Gasteiger charge is 2.54. The Morgan fingerprint density at radius 1 is 0.952 bits per heavy atom. The topological polar surface area (TPSA) is 49.4 Å². The van der Waals surface area contributed by atoms with E-state index in [-0.39, 0.29) is 23.8 Å². The summed E-state index contributed by atoms with van der Waals surface area (Å²) in [4.78, 5) is 26.7. The second kappa shape index (κ2) is 4.99. The Morgan fingerprint density at radius 2 is 1.48 bits per heavy atom. The van der Waals surface area contributed by atoms with Crippen LogP contribution in [0, 0.1) is 23.2 Å². The molecule has 4 nitrogen and oxygen atoms in total. The molecule has 21 heavy (non-hydrogen) atoms. The zero-order valence-electron chi connectivity index (χ0n) is 12.8. The lowest BCUT2D eigenvalue weighted by atomic mass is 9.49. The number of nitrogens with zero attached hydrogens (tertiary/aromatic N) is 1. The van der Waals surface area contributed by atoms with Crippen molar-refractivity contribution in [3.63, 3.8) is 0 Å². The number of nitrogens with one attached hydrogen (secondary N) is 1. The van der Waals surface area contributed by atoms with Gasteiger partial charge in [0.2, 0.25) is 11.8 Å². The summed E-state index contributed by atoms with van der Waals surface area (Å²) in [5.74, 6) is 2.60. The summed E-state index contributed by atoms with van der Waals surface area (Å²) < 4.78 is 0. The first-order valence-electron chi connectivity index (χ1n) is 8.71. The van der Waals surface area contributed by atoms with Crippen molar-refractivity contribution < 1.29 is 9.59 Å². The summed E-state index contributed by atoms with van der Waals surface area (Å²) in [6.45, 7) is 1.94. The molecule has 0 unspecified atom stereocenters. The van der Waals surface area contributed by atoms with Crippen molar-refractivity contribution >= 4 is 11.8 Å². The molecule has 0 aromatic heterocycles. The molecule has 116 valence electrons. The van der Waals surface area contributed by atoms with Crippen LogP contribution in [0.3, 0.4) is 0 Å². The van der Waals surface area contributed by atoms with Crippen LogP contribution in [0.2, 0.25) is 0 Å². The van der Waals surface area contributed by atoms with Gasteiger partial charge in [0.1, 0.15) is 0 Å². The minimum atomic E-state index is -0.125. The molecule has 5 rings (SSSR count). The van der Waals surface area contributed by atoms with Crippen LogP contribution < -0.4 is 5.32 Å². The van der Waals surface area contributed by atoms with Gasteiger partial charge in [-0.2, -0.15) is 0 Å². The summed E-state index contributed by atoms with van der Waals surface area (Å²) in [5.41, 5.74) is -0.125. The second-order valence-electron chi connectivity index (χ2n) is 7.97. The number of likely N-dealkylation sites (tertiary alicyclic amines) is 1. The largest absolute Gasteiger partial charge is 0.347 e. The molecule has 2 amide bonds. The first-order chi connectivity index (χ1) is 10.1. The molecule has 1 aliphatic heterocycles. The maximum atomic E-state index is 12.7. The van der Waals surface area contributed by atoms with Crippen molar-refractivity contribution in [1.82, 2.24) is 10.2 Å². The fraction of sp³-hybridized carbons (Fsp3) is 0.882. The minimum absolute atomic E-state index is 0.102. The third kappa shape index (κ3) is 2.36. The standard InChI is InChI=1S/C17H26N2O2/c20-15(19-3-1-2-4-19)11-18-16(21)17-8-12-5-13(9-17)7-14(6-12)10-17/h12-14H,1-11H2,(H,18,21). The van der Waals surface area contributed by atoms with E-state index >= 15 is 0 Å². The van der Waals surface area contributed by atoms with Crippen LogP contribution in [-0.4, -0.2) is 36.3 Å². The number of carbonyl (C=O) groups excluding carboxylic acids is 2. The molecule has 0 radical (unpaired) electrons. The van der Waals surface area contributed by atoms with E-state index in [9.17, 15) is 9.59 Å². The first-order valence-corrected chi connectivity index (χ1v) is 8.71. The highest BCUT2D eigenvalue weighted by atomic mass is 16.2. The van der Waals surface area contributed by atoms with Gasteiger partial charge in [0.15, 0.2) is 0 Å². The van der Waals surface area contributed by atoms with Crippen LogP contribution >= 0.6 is 0 Å². The van der Waals surface area contributed by atoms with Crippen molar-refractivity contribution in [2.24, 2.45) is 23.2 Å². The van der Waals surface area contributed by atoms with Crippen LogP contribution in [0.5, 0.6) is 0 Å². The zero-order chi connectivity index (χ0) is 14.4. The van der Waals surface area contributed by atoms with Gasteiger partial charge < -0.3 is 10.2 Å². The van der Waals surface area contributed by atoms with Crippen molar-refractivity contribution in [3.8, 4) is 0 Å². The predicted octanol–water partition coefficient (Wildman–Crippen LogP) is 1.94. The van der Waals surface area contributed by atoms with Gasteiger partial charge in [-0.3, -0.25) is 9.59 Å². The van der Waals surface area contributed by atoms with Gasteiger partial charge >= 0.3 is 0 Å². The Morgan fingerprint density at radius 3 is 2.00 bits per heavy atom. The van der Waals surface area contributed by atoms with E-state index in [2.05, 4.69) is 5.32 Å². The van der Waals surface area contributed by atoms with Crippen molar-refractivity contribution in [3.05, 3.63) is 0 Å². The highest BCUT2D eigenvalue weighted by molar-refractivity contribution is 5.88. The predicted molar refractivity (Wildman–Crippen MR) is 79.4 cm³/mol. The normalized spacial score (nSPS) is 40.6. The Kier molecular flexibility index (Phi) is 3.23. The number of rotatable bonds is 3. The van der Waals surface area contributed by atoms with E-state index in [4.69, 9.17) is 0 Å². The summed E-state index contributed by atoms with van der Waals surface area (Å²) in [6.07, 6.45) is 9.47. The molecule has 1 saturated heterocycles. The number of hydrogen-bond acceptors (Lipinski definition) is 2. The lowest BCUT2D eigenvalue weighted by molar-refractivity contribution is -0.147. The molecular weight excluding hydrogens is 264 g/mol. The Labute approximate surface area is 126 Å². The fourth-order valence-corrected chi connectivity index (χ4v) is 5.81. The lowest BCUT2D eigenvalue weighted by Crippen LogP contribution is -2.54. The molecule has 4 heteroatoms. The summed E-state index contributed by atoms with van der Waals surface area (Å²) in [6, 6.07) is 0. The number of amides is 2. The van der Waals surface area contributed by atoms with E-state index in [0.29, 0.717) is 0 Å². The molecule has 4 bridgehead atoms. The quantitative estimate of drug-likeness (QED) is 0.863. The van der Waals surface area contributed by atoms with Crippen LogP contribution in [0.4, 0.5) is 0 Å². The molecule has 4 saturated carbocycles. The van der Waals surface area contributed by atoms with Crippen molar-refractivity contribution in [2.75, 3.05) is 19.6 Å². The monoisotopic (exact) mass is 290 g/mol. The molecule has 0 aromatic carbocycles. The molecule has 4 aliphatic carbocycles. The average Bonchev–Trinajstić information content (AvgIpc) is 2.97. The van der Waals surface area contributed by atoms with Gasteiger partial charge in [0, 0.05) is 18.5 Å². The zero-order valence-corrected chi connectivity index (χ0v) is 12.8. The molecule has 5 aliphatic rings. The SMILES string of the molecule is O=C(CNC(=O)C12CC3CC(CC(C3)C1)C2)N1CCCC1. The van der Waals surface area contributed by atoms with Gasteiger partial charge in [-0.15, -0.1) is 0 Å². The first kappa shape index (κ1) is 13.6. The van der Waals surface area contributed by atoms with E-state index in [1.165, 1.54) is 19.3 Å². The lowest BCUT2D eigenvalue weighted by Gasteiger charge is -2.55. The third-order valence-corrected chi connectivity index (χ3v) is 6.38. The Bertz CT molecular complexity index is 418. The van der Waals surface area contributed by atoms with Gasteiger partial charge in [-0.05, 0) is 69.1 Å². The Balaban J connectivity index is 1.37. The Hall–Kier alpha value is -1.06. The van der Waals surface area contributed by atoms with Crippen molar-refractivity contribution in [2.45, 2.75) is 51.4 Å². The smallest absolute Gasteiger partial charge is 0.241 e. The number of hydrogen-bond donors (Lipinski definition) is 1. The average molecular weight is 290 g/mol. The maximum Gasteiger partial charge on any atom is 0.241 e. The highest BCUT2D eigenvalue weighted by Crippen LogP contribution is 2.60. The van der Waals surface area contributed by atoms with Gasteiger partial charge in [0.25, 0.3) is 0 Å². The molecular formula is C17H26N2O2. The van der Waals surface area contributed by atoms with Crippen molar-refractivity contribution in [1.29, 1.82) is 0 Å². The fourth-order valence-electron chi connectivity index (χ4n) is 5.81. The summed E-state index contributed by atoms with van der Waals surface area (Å²) >= 11 is 0. The van der Waals surface area contributed by atoms with E-state index < -0.39 is 0 Å². The van der Waals surface area contributed by atoms with Crippen LogP contribution in [-0.2, 0) is 9.59 Å². The third-order valence-electron chi connectivity index (χ3n) is 6.38. The van der Waals surface area contributed by atoms with Crippen LogP contribution in [0.25, 0.3) is 0 Å². The van der Waals surface area contributed by atoms with E-state index in [1.54, 1.807) is 0 Å². The number of carbonyl (C=O) groups is 2. The molecule has 1 N–H and O–H groups in total. The molecule has 5 fully saturated rings. The van der Waals surface area contributed by atoms with Crippen LogP contribution in [0.15, 0.2) is 0 Å². The van der Waals surface area contributed by atoms with E-state index in [0.717, 1.165) is 62.9 Å². The van der Waals surface area contributed by atoms with Gasteiger partial charge in [-0.25, -0.2) is 0 Å². The van der Waals surface area contributed by atoms with Crippen LogP contribution in [0.1, 0.15) is 51.4 Å². The molecule has 0 atom stereocenters. The summed E-state index contributed by atoms with van der Waals surface area (Å²) in [7, 11) is 0. The summed E-state index contributed by atoms with van der Waals surface area (Å²) in [5, 5.41) is 2.99. The molecule has 0 aromatic rings.